The van der Waals surface area contributed by atoms with Crippen LogP contribution in [0.15, 0.2) is 53.4 Å². The quantitative estimate of drug-likeness (QED) is 0.224. The van der Waals surface area contributed by atoms with Gasteiger partial charge in [0.1, 0.15) is 6.04 Å². The summed E-state index contributed by atoms with van der Waals surface area (Å²) in [6.45, 7) is 0.974. The van der Waals surface area contributed by atoms with E-state index in [0.29, 0.717) is 42.8 Å². The molecule has 0 radical (unpaired) electrons. The molecule has 35 heavy (non-hydrogen) atoms. The van der Waals surface area contributed by atoms with E-state index < -0.39 is 23.8 Å². The minimum Gasteiger partial charge on any atom is -0.480 e. The van der Waals surface area contributed by atoms with Crippen molar-refractivity contribution >= 4 is 59.0 Å². The fraction of sp³-hybridized carbons (Fsp3) is 0.250. The molecule has 9 nitrogen and oxygen atoms in total. The molecule has 3 amide bonds. The van der Waals surface area contributed by atoms with Crippen LogP contribution in [-0.2, 0) is 16.1 Å². The van der Waals surface area contributed by atoms with Gasteiger partial charge in [0.15, 0.2) is 0 Å². The third kappa shape index (κ3) is 8.43. The summed E-state index contributed by atoms with van der Waals surface area (Å²) >= 11 is 0.869. The van der Waals surface area contributed by atoms with Crippen LogP contribution in [0.3, 0.4) is 0 Å². The standard InChI is InChI=1S/C24H26N4O5S.ClH/c25-11-2-1-6-19(23(31)32)27-21(29)17-9-7-15(8-10-17)14-26-18-5-3-4-16(12-18)13-20-22(30)28-24(33)34-20;/h3-5,7-10,12-13,19,26H,1-2,6,11,14,25H2,(H,27,29)(H,31,32)(H,28,30,33);1H/b20-13-;/t19-;/m0./s1. The monoisotopic (exact) mass is 518 g/mol. The third-order valence-electron chi connectivity index (χ3n) is 5.09. The number of thioether (sulfide) groups is 1. The van der Waals surface area contributed by atoms with E-state index in [2.05, 4.69) is 16.0 Å². The summed E-state index contributed by atoms with van der Waals surface area (Å²) in [5.74, 6) is -1.90. The van der Waals surface area contributed by atoms with Gasteiger partial charge in [0.05, 0.1) is 4.91 Å². The second-order valence-electron chi connectivity index (χ2n) is 7.68. The van der Waals surface area contributed by atoms with Crippen LogP contribution in [0.4, 0.5) is 10.5 Å². The highest BCUT2D eigenvalue weighted by Gasteiger charge is 2.25. The van der Waals surface area contributed by atoms with Gasteiger partial charge in [0.2, 0.25) is 0 Å². The maximum Gasteiger partial charge on any atom is 0.326 e. The number of unbranched alkanes of at least 4 members (excludes halogenated alkanes) is 1. The van der Waals surface area contributed by atoms with Gasteiger partial charge in [-0.15, -0.1) is 12.4 Å². The number of hydrogen-bond donors (Lipinski definition) is 5. The molecule has 1 aliphatic rings. The molecule has 0 bridgehead atoms. The number of carbonyl (C=O) groups excluding carboxylic acids is 3. The van der Waals surface area contributed by atoms with Crippen molar-refractivity contribution in [1.82, 2.24) is 10.6 Å². The zero-order chi connectivity index (χ0) is 24.5. The third-order valence-corrected chi connectivity index (χ3v) is 5.90. The van der Waals surface area contributed by atoms with Gasteiger partial charge >= 0.3 is 5.97 Å². The van der Waals surface area contributed by atoms with Gasteiger partial charge in [0, 0.05) is 17.8 Å². The van der Waals surface area contributed by atoms with Gasteiger partial charge < -0.3 is 21.5 Å². The Morgan fingerprint density at radius 3 is 2.49 bits per heavy atom. The average Bonchev–Trinajstić information content (AvgIpc) is 3.13. The van der Waals surface area contributed by atoms with Crippen molar-refractivity contribution in [1.29, 1.82) is 0 Å². The summed E-state index contributed by atoms with van der Waals surface area (Å²) in [5, 5.41) is 17.0. The van der Waals surface area contributed by atoms with Crippen LogP contribution in [0.1, 0.15) is 40.7 Å². The van der Waals surface area contributed by atoms with E-state index in [9.17, 15) is 24.3 Å². The van der Waals surface area contributed by atoms with Gasteiger partial charge in [-0.25, -0.2) is 4.79 Å². The van der Waals surface area contributed by atoms with Crippen molar-refractivity contribution in [3.8, 4) is 0 Å². The Morgan fingerprint density at radius 1 is 1.11 bits per heavy atom. The number of imide groups is 1. The highest BCUT2D eigenvalue weighted by molar-refractivity contribution is 8.18. The Hall–Kier alpha value is -3.34. The Labute approximate surface area is 213 Å². The highest BCUT2D eigenvalue weighted by atomic mass is 35.5. The molecule has 1 heterocycles. The maximum absolute atomic E-state index is 12.4. The Balaban J connectivity index is 0.00000432. The number of anilines is 1. The van der Waals surface area contributed by atoms with E-state index in [1.807, 2.05) is 24.3 Å². The number of carboxylic acids is 1. The summed E-state index contributed by atoms with van der Waals surface area (Å²) in [6.07, 6.45) is 3.32. The minimum atomic E-state index is -1.07. The van der Waals surface area contributed by atoms with E-state index in [1.165, 1.54) is 0 Å². The first-order chi connectivity index (χ1) is 16.4. The molecular formula is C24H27ClN4O5S. The lowest BCUT2D eigenvalue weighted by Crippen LogP contribution is -2.40. The van der Waals surface area contributed by atoms with E-state index in [1.54, 1.807) is 30.3 Å². The molecule has 0 aromatic heterocycles. The first kappa shape index (κ1) is 27.9. The van der Waals surface area contributed by atoms with Crippen molar-refractivity contribution in [3.63, 3.8) is 0 Å². The lowest BCUT2D eigenvalue weighted by Gasteiger charge is -2.14. The fourth-order valence-electron chi connectivity index (χ4n) is 3.28. The topological polar surface area (TPSA) is 151 Å². The number of benzene rings is 2. The molecule has 1 fully saturated rings. The zero-order valence-electron chi connectivity index (χ0n) is 18.8. The van der Waals surface area contributed by atoms with Crippen LogP contribution in [0, 0.1) is 0 Å². The second kappa shape index (κ2) is 13.5. The van der Waals surface area contributed by atoms with Crippen LogP contribution in [0.2, 0.25) is 0 Å². The van der Waals surface area contributed by atoms with Gasteiger partial charge in [-0.3, -0.25) is 19.7 Å². The molecule has 1 saturated heterocycles. The van der Waals surface area contributed by atoms with Gasteiger partial charge in [-0.05, 0) is 79.0 Å². The molecule has 0 spiro atoms. The predicted octanol–water partition coefficient (Wildman–Crippen LogP) is 3.36. The van der Waals surface area contributed by atoms with E-state index in [-0.39, 0.29) is 17.6 Å². The maximum atomic E-state index is 12.4. The van der Waals surface area contributed by atoms with Crippen molar-refractivity contribution < 1.29 is 24.3 Å². The summed E-state index contributed by atoms with van der Waals surface area (Å²) in [7, 11) is 0. The van der Waals surface area contributed by atoms with Crippen LogP contribution < -0.4 is 21.7 Å². The van der Waals surface area contributed by atoms with Crippen molar-refractivity contribution in [2.45, 2.75) is 31.8 Å². The second-order valence-corrected chi connectivity index (χ2v) is 8.69. The molecule has 2 aromatic carbocycles. The number of carbonyl (C=O) groups is 4. The van der Waals surface area contributed by atoms with Crippen LogP contribution in [-0.4, -0.2) is 40.7 Å². The summed E-state index contributed by atoms with van der Waals surface area (Å²) in [4.78, 5) is 47.2. The Bertz CT molecular complexity index is 1110. The minimum absolute atomic E-state index is 0. The molecule has 2 aromatic rings. The average molecular weight is 519 g/mol. The number of nitrogens with two attached hydrogens (primary N) is 1. The summed E-state index contributed by atoms with van der Waals surface area (Å²) < 4.78 is 0. The molecule has 0 aliphatic carbocycles. The zero-order valence-corrected chi connectivity index (χ0v) is 20.4. The molecule has 1 aliphatic heterocycles. The van der Waals surface area contributed by atoms with Crippen LogP contribution in [0.25, 0.3) is 6.08 Å². The van der Waals surface area contributed by atoms with Crippen molar-refractivity contribution in [2.24, 2.45) is 5.73 Å². The molecule has 6 N–H and O–H groups in total. The Kier molecular flexibility index (Phi) is 10.8. The highest BCUT2D eigenvalue weighted by Crippen LogP contribution is 2.26. The normalized spacial score (nSPS) is 14.7. The molecule has 11 heteroatoms. The van der Waals surface area contributed by atoms with E-state index in [0.717, 1.165) is 28.6 Å². The number of nitrogens with one attached hydrogen (secondary N) is 3. The summed E-state index contributed by atoms with van der Waals surface area (Å²) in [5.41, 5.74) is 8.35. The van der Waals surface area contributed by atoms with Gasteiger partial charge in [0.25, 0.3) is 17.1 Å². The Morgan fingerprint density at radius 2 is 1.86 bits per heavy atom. The van der Waals surface area contributed by atoms with Crippen molar-refractivity contribution in [3.05, 3.63) is 70.1 Å². The van der Waals surface area contributed by atoms with E-state index >= 15 is 0 Å². The van der Waals surface area contributed by atoms with Gasteiger partial charge in [-0.2, -0.15) is 0 Å². The van der Waals surface area contributed by atoms with Crippen LogP contribution in [0.5, 0.6) is 0 Å². The fourth-order valence-corrected chi connectivity index (χ4v) is 3.96. The molecule has 0 saturated carbocycles. The lowest BCUT2D eigenvalue weighted by atomic mass is 10.1. The lowest BCUT2D eigenvalue weighted by molar-refractivity contribution is -0.139. The van der Waals surface area contributed by atoms with Gasteiger partial charge in [-0.1, -0.05) is 24.3 Å². The molecular weight excluding hydrogens is 492 g/mol. The molecule has 186 valence electrons. The van der Waals surface area contributed by atoms with Crippen LogP contribution >= 0.6 is 24.2 Å². The van der Waals surface area contributed by atoms with E-state index in [4.69, 9.17) is 5.73 Å². The number of aliphatic carboxylic acids is 1. The molecule has 1 atom stereocenters. The number of carboxylic acid groups (broad SMARTS) is 1. The number of amides is 3. The first-order valence-corrected chi connectivity index (χ1v) is 11.6. The molecule has 3 rings (SSSR count). The predicted molar refractivity (Wildman–Crippen MR) is 138 cm³/mol. The van der Waals surface area contributed by atoms with Crippen molar-refractivity contribution in [2.75, 3.05) is 11.9 Å². The first-order valence-electron chi connectivity index (χ1n) is 10.8. The number of halogens is 1. The smallest absolute Gasteiger partial charge is 0.326 e. The molecule has 0 unspecified atom stereocenters. The number of hydrogen-bond acceptors (Lipinski definition) is 7. The SMILES string of the molecule is Cl.NCCCC[C@H](NC(=O)c1ccc(CNc2cccc(/C=C3\SC(=O)NC3=O)c2)cc1)C(=O)O. The number of rotatable bonds is 11. The largest absolute Gasteiger partial charge is 0.480 e. The summed E-state index contributed by atoms with van der Waals surface area (Å²) in [6, 6.07) is 13.4.